The molecule has 7 nitrogen and oxygen atoms in total. The second kappa shape index (κ2) is 7.43. The van der Waals surface area contributed by atoms with Crippen LogP contribution in [0.5, 0.6) is 0 Å². The summed E-state index contributed by atoms with van der Waals surface area (Å²) in [6.45, 7) is 6.12. The number of piperidine rings is 1. The van der Waals surface area contributed by atoms with Crippen LogP contribution < -0.4 is 5.32 Å². The maximum atomic E-state index is 12.6. The predicted molar refractivity (Wildman–Crippen MR) is 90.4 cm³/mol. The van der Waals surface area contributed by atoms with Gasteiger partial charge in [0.15, 0.2) is 0 Å². The Balaban J connectivity index is 1.48. The second-order valence-corrected chi connectivity index (χ2v) is 7.41. The first-order valence-electron chi connectivity index (χ1n) is 9.38. The minimum absolute atomic E-state index is 0.00342. The van der Waals surface area contributed by atoms with E-state index < -0.39 is 0 Å². The van der Waals surface area contributed by atoms with Gasteiger partial charge in [0.25, 0.3) is 5.91 Å². The van der Waals surface area contributed by atoms with E-state index in [0.29, 0.717) is 23.3 Å². The molecule has 1 aromatic heterocycles. The SMILES string of the molecule is Cc1oncc1C(=O)N[C@@H]1CN(C2CCOCC2)C[C@@H]2CCCO[C@@H]21. The van der Waals surface area contributed by atoms with Crippen molar-refractivity contribution in [2.45, 2.75) is 50.8 Å². The van der Waals surface area contributed by atoms with Crippen molar-refractivity contribution in [1.29, 1.82) is 0 Å². The van der Waals surface area contributed by atoms with Gasteiger partial charge >= 0.3 is 0 Å². The number of aromatic nitrogens is 1. The van der Waals surface area contributed by atoms with Crippen molar-refractivity contribution in [2.75, 3.05) is 32.9 Å². The number of carbonyl (C=O) groups is 1. The number of ether oxygens (including phenoxy) is 2. The van der Waals surface area contributed by atoms with Crippen LogP contribution >= 0.6 is 0 Å². The van der Waals surface area contributed by atoms with Crippen LogP contribution in [0.1, 0.15) is 41.8 Å². The van der Waals surface area contributed by atoms with E-state index in [9.17, 15) is 4.79 Å². The summed E-state index contributed by atoms with van der Waals surface area (Å²) in [6.07, 6.45) is 6.02. The number of hydrogen-bond donors (Lipinski definition) is 1. The zero-order valence-corrected chi connectivity index (χ0v) is 14.8. The number of carbonyl (C=O) groups excluding carboxylic acids is 1. The Morgan fingerprint density at radius 3 is 2.84 bits per heavy atom. The largest absolute Gasteiger partial charge is 0.381 e. The monoisotopic (exact) mass is 349 g/mol. The molecule has 0 saturated carbocycles. The van der Waals surface area contributed by atoms with Gasteiger partial charge < -0.3 is 19.3 Å². The van der Waals surface area contributed by atoms with E-state index in [1.165, 1.54) is 12.6 Å². The first-order chi connectivity index (χ1) is 12.2. The number of nitrogens with zero attached hydrogens (tertiary/aromatic N) is 2. The Kier molecular flexibility index (Phi) is 5.05. The molecule has 1 aromatic rings. The molecule has 4 rings (SSSR count). The third-order valence-corrected chi connectivity index (χ3v) is 5.81. The highest BCUT2D eigenvalue weighted by atomic mass is 16.5. The summed E-state index contributed by atoms with van der Waals surface area (Å²) in [5.41, 5.74) is 0.510. The number of hydrogen-bond acceptors (Lipinski definition) is 6. The molecule has 3 aliphatic heterocycles. The molecule has 25 heavy (non-hydrogen) atoms. The Hall–Kier alpha value is -1.44. The van der Waals surface area contributed by atoms with E-state index in [0.717, 1.165) is 52.2 Å². The highest BCUT2D eigenvalue weighted by Gasteiger charge is 2.42. The van der Waals surface area contributed by atoms with Crippen LogP contribution in [0.25, 0.3) is 0 Å². The van der Waals surface area contributed by atoms with Crippen molar-refractivity contribution in [3.05, 3.63) is 17.5 Å². The Labute approximate surface area is 148 Å². The molecular formula is C18H27N3O4. The molecular weight excluding hydrogens is 322 g/mol. The number of fused-ring (bicyclic) bond motifs is 1. The topological polar surface area (TPSA) is 76.8 Å². The maximum absolute atomic E-state index is 12.6. The summed E-state index contributed by atoms with van der Waals surface area (Å²) in [7, 11) is 0. The highest BCUT2D eigenvalue weighted by molar-refractivity contribution is 5.95. The molecule has 0 unspecified atom stereocenters. The van der Waals surface area contributed by atoms with Crippen molar-refractivity contribution < 1.29 is 18.8 Å². The van der Waals surface area contributed by atoms with Crippen molar-refractivity contribution in [3.63, 3.8) is 0 Å². The molecule has 0 bridgehead atoms. The fourth-order valence-electron chi connectivity index (χ4n) is 4.48. The number of nitrogens with one attached hydrogen (secondary N) is 1. The number of aryl methyl sites for hydroxylation is 1. The van der Waals surface area contributed by atoms with E-state index in [4.69, 9.17) is 14.0 Å². The van der Waals surface area contributed by atoms with Crippen molar-refractivity contribution >= 4 is 5.91 Å². The summed E-state index contributed by atoms with van der Waals surface area (Å²) < 4.78 is 16.6. The van der Waals surface area contributed by atoms with Gasteiger partial charge in [-0.25, -0.2) is 0 Å². The normalized spacial score (nSPS) is 31.5. The Morgan fingerprint density at radius 2 is 2.08 bits per heavy atom. The lowest BCUT2D eigenvalue weighted by Gasteiger charge is -2.48. The maximum Gasteiger partial charge on any atom is 0.256 e. The standard InChI is InChI=1S/C18H27N3O4/c1-12-15(9-19-25-12)18(22)20-16-11-21(14-4-7-23-8-5-14)10-13-3-2-6-24-17(13)16/h9,13-14,16-17H,2-8,10-11H2,1H3,(H,20,22)/t13-,16+,17-/m0/s1. The molecule has 0 aliphatic carbocycles. The van der Waals surface area contributed by atoms with Crippen LogP contribution in [0.3, 0.4) is 0 Å². The van der Waals surface area contributed by atoms with Gasteiger partial charge in [-0.05, 0) is 38.5 Å². The molecule has 3 aliphatic rings. The summed E-state index contributed by atoms with van der Waals surface area (Å²) in [6, 6.07) is 0.553. The number of likely N-dealkylation sites (tertiary alicyclic amines) is 1. The smallest absolute Gasteiger partial charge is 0.256 e. The lowest BCUT2D eigenvalue weighted by atomic mass is 9.84. The molecule has 0 radical (unpaired) electrons. The van der Waals surface area contributed by atoms with Crippen LogP contribution in [-0.2, 0) is 9.47 Å². The van der Waals surface area contributed by atoms with Crippen LogP contribution in [0, 0.1) is 12.8 Å². The predicted octanol–water partition coefficient (Wildman–Crippen LogP) is 1.37. The molecule has 3 fully saturated rings. The molecule has 0 spiro atoms. The van der Waals surface area contributed by atoms with Gasteiger partial charge in [0.05, 0.1) is 18.3 Å². The molecule has 1 amide bonds. The minimum Gasteiger partial charge on any atom is -0.381 e. The fourth-order valence-corrected chi connectivity index (χ4v) is 4.48. The average molecular weight is 349 g/mol. The first kappa shape index (κ1) is 17.0. The van der Waals surface area contributed by atoms with Gasteiger partial charge in [-0.1, -0.05) is 5.16 Å². The van der Waals surface area contributed by atoms with Crippen LogP contribution in [0.2, 0.25) is 0 Å². The van der Waals surface area contributed by atoms with Crippen molar-refractivity contribution in [2.24, 2.45) is 5.92 Å². The second-order valence-electron chi connectivity index (χ2n) is 7.41. The Bertz CT molecular complexity index is 599. The third-order valence-electron chi connectivity index (χ3n) is 5.81. The zero-order valence-electron chi connectivity index (χ0n) is 14.8. The Morgan fingerprint density at radius 1 is 1.24 bits per heavy atom. The average Bonchev–Trinajstić information content (AvgIpc) is 3.08. The van der Waals surface area contributed by atoms with Gasteiger partial charge in [-0.2, -0.15) is 0 Å². The summed E-state index contributed by atoms with van der Waals surface area (Å²) in [5.74, 6) is 0.917. The summed E-state index contributed by atoms with van der Waals surface area (Å²) >= 11 is 0. The van der Waals surface area contributed by atoms with Crippen LogP contribution in [-0.4, -0.2) is 67.1 Å². The molecule has 138 valence electrons. The fraction of sp³-hybridized carbons (Fsp3) is 0.778. The van der Waals surface area contributed by atoms with Gasteiger partial charge in [-0.3, -0.25) is 9.69 Å². The van der Waals surface area contributed by atoms with Crippen molar-refractivity contribution in [1.82, 2.24) is 15.4 Å². The van der Waals surface area contributed by atoms with Crippen LogP contribution in [0.15, 0.2) is 10.7 Å². The number of rotatable bonds is 3. The summed E-state index contributed by atoms with van der Waals surface area (Å²) in [5, 5.41) is 6.91. The lowest BCUT2D eigenvalue weighted by molar-refractivity contribution is -0.0976. The van der Waals surface area contributed by atoms with Gasteiger partial charge in [0.1, 0.15) is 11.3 Å². The van der Waals surface area contributed by atoms with Gasteiger partial charge in [0.2, 0.25) is 0 Å². The zero-order chi connectivity index (χ0) is 17.2. The van der Waals surface area contributed by atoms with Crippen molar-refractivity contribution in [3.8, 4) is 0 Å². The number of amides is 1. The summed E-state index contributed by atoms with van der Waals surface area (Å²) in [4.78, 5) is 15.2. The van der Waals surface area contributed by atoms with Crippen LogP contribution in [0.4, 0.5) is 0 Å². The molecule has 1 N–H and O–H groups in total. The molecule has 3 saturated heterocycles. The van der Waals surface area contributed by atoms with E-state index >= 15 is 0 Å². The van der Waals surface area contributed by atoms with E-state index in [1.54, 1.807) is 6.92 Å². The molecule has 0 aromatic carbocycles. The van der Waals surface area contributed by atoms with Gasteiger partial charge in [-0.15, -0.1) is 0 Å². The van der Waals surface area contributed by atoms with E-state index in [1.807, 2.05) is 0 Å². The van der Waals surface area contributed by atoms with Gasteiger partial charge in [0, 0.05) is 39.0 Å². The molecule has 3 atom stereocenters. The quantitative estimate of drug-likeness (QED) is 0.888. The minimum atomic E-state index is -0.120. The molecule has 7 heteroatoms. The molecule has 4 heterocycles. The third kappa shape index (κ3) is 3.59. The van der Waals surface area contributed by atoms with E-state index in [2.05, 4.69) is 15.4 Å². The van der Waals surface area contributed by atoms with E-state index in [-0.39, 0.29) is 18.1 Å². The lowest BCUT2D eigenvalue weighted by Crippen LogP contribution is -2.63. The highest BCUT2D eigenvalue weighted by Crippen LogP contribution is 2.31. The first-order valence-corrected chi connectivity index (χ1v) is 9.38.